The first kappa shape index (κ1) is 17.8. The Kier molecular flexibility index (Phi) is 5.09. The Morgan fingerprint density at radius 2 is 2.00 bits per heavy atom. The highest BCUT2D eigenvalue weighted by Gasteiger charge is 2.21. The number of H-pyrrole nitrogens is 1. The standard InChI is InChI=1S/C18H15ClFN3O3/c1-2-26-17(24)16-15(13-9-11(20)6-7-14(13)22-16)23-18(25)21-12-5-3-4-10(19)8-12/h3-9,22H,2H2,1H3,(H2,21,23,25). The summed E-state index contributed by atoms with van der Waals surface area (Å²) in [5.41, 5.74) is 1.14. The van der Waals surface area contributed by atoms with Crippen LogP contribution in [0, 0.1) is 5.82 Å². The molecule has 6 nitrogen and oxygen atoms in total. The third kappa shape index (κ3) is 3.78. The molecule has 3 rings (SSSR count). The monoisotopic (exact) mass is 375 g/mol. The van der Waals surface area contributed by atoms with Crippen LogP contribution in [0.4, 0.5) is 20.6 Å². The second-order valence-corrected chi connectivity index (χ2v) is 5.81. The number of aromatic nitrogens is 1. The van der Waals surface area contributed by atoms with Crippen LogP contribution in [0.25, 0.3) is 10.9 Å². The van der Waals surface area contributed by atoms with Gasteiger partial charge in [0.2, 0.25) is 0 Å². The molecule has 3 N–H and O–H groups in total. The number of halogens is 2. The average Bonchev–Trinajstić information content (AvgIpc) is 2.93. The van der Waals surface area contributed by atoms with Gasteiger partial charge in [-0.2, -0.15) is 0 Å². The van der Waals surface area contributed by atoms with Crippen LogP contribution in [0.2, 0.25) is 5.02 Å². The Morgan fingerprint density at radius 3 is 2.73 bits per heavy atom. The zero-order valence-corrected chi connectivity index (χ0v) is 14.5. The topological polar surface area (TPSA) is 83.2 Å². The smallest absolute Gasteiger partial charge is 0.356 e. The number of esters is 1. The Hall–Kier alpha value is -3.06. The van der Waals surface area contributed by atoms with Crippen LogP contribution < -0.4 is 10.6 Å². The molecule has 2 aromatic carbocycles. The maximum atomic E-state index is 13.6. The molecule has 0 aliphatic heterocycles. The maximum absolute atomic E-state index is 13.6. The van der Waals surface area contributed by atoms with Crippen LogP contribution in [-0.2, 0) is 4.74 Å². The highest BCUT2D eigenvalue weighted by molar-refractivity contribution is 6.31. The third-order valence-corrected chi connectivity index (χ3v) is 3.80. The number of ether oxygens (including phenoxy) is 1. The summed E-state index contributed by atoms with van der Waals surface area (Å²) < 4.78 is 18.6. The predicted molar refractivity (Wildman–Crippen MR) is 98.3 cm³/mol. The van der Waals surface area contributed by atoms with Crippen molar-refractivity contribution < 1.29 is 18.7 Å². The van der Waals surface area contributed by atoms with E-state index in [0.717, 1.165) is 0 Å². The van der Waals surface area contributed by atoms with Crippen molar-refractivity contribution in [3.8, 4) is 0 Å². The number of carbonyl (C=O) groups excluding carboxylic acids is 2. The molecular weight excluding hydrogens is 361 g/mol. The van der Waals surface area contributed by atoms with E-state index in [0.29, 0.717) is 21.6 Å². The maximum Gasteiger partial charge on any atom is 0.356 e. The number of urea groups is 1. The summed E-state index contributed by atoms with van der Waals surface area (Å²) in [6.07, 6.45) is 0. The molecule has 0 saturated carbocycles. The van der Waals surface area contributed by atoms with Gasteiger partial charge in [-0.25, -0.2) is 14.0 Å². The minimum Gasteiger partial charge on any atom is -0.461 e. The normalized spacial score (nSPS) is 10.6. The lowest BCUT2D eigenvalue weighted by atomic mass is 10.2. The number of hydrogen-bond donors (Lipinski definition) is 3. The lowest BCUT2D eigenvalue weighted by Gasteiger charge is -2.09. The molecule has 26 heavy (non-hydrogen) atoms. The van der Waals surface area contributed by atoms with E-state index in [1.807, 2.05) is 0 Å². The molecule has 8 heteroatoms. The molecule has 0 radical (unpaired) electrons. The highest BCUT2D eigenvalue weighted by atomic mass is 35.5. The van der Waals surface area contributed by atoms with E-state index in [1.165, 1.54) is 18.2 Å². The van der Waals surface area contributed by atoms with Gasteiger partial charge in [0.05, 0.1) is 12.3 Å². The molecule has 0 aliphatic rings. The fourth-order valence-corrected chi connectivity index (χ4v) is 2.68. The summed E-state index contributed by atoms with van der Waals surface area (Å²) in [5, 5.41) is 6.00. The lowest BCUT2D eigenvalue weighted by Crippen LogP contribution is -2.21. The van der Waals surface area contributed by atoms with Gasteiger partial charge in [0.1, 0.15) is 11.5 Å². The van der Waals surface area contributed by atoms with Crippen molar-refractivity contribution in [3.05, 3.63) is 59.0 Å². The van der Waals surface area contributed by atoms with Crippen LogP contribution in [0.5, 0.6) is 0 Å². The lowest BCUT2D eigenvalue weighted by molar-refractivity contribution is 0.0522. The van der Waals surface area contributed by atoms with Gasteiger partial charge in [0.25, 0.3) is 0 Å². The second kappa shape index (κ2) is 7.45. The second-order valence-electron chi connectivity index (χ2n) is 5.37. The molecule has 0 spiro atoms. The van der Waals surface area contributed by atoms with Crippen LogP contribution in [0.3, 0.4) is 0 Å². The fraction of sp³-hybridized carbons (Fsp3) is 0.111. The highest BCUT2D eigenvalue weighted by Crippen LogP contribution is 2.29. The van der Waals surface area contributed by atoms with E-state index in [9.17, 15) is 14.0 Å². The van der Waals surface area contributed by atoms with Crippen molar-refractivity contribution >= 4 is 45.9 Å². The van der Waals surface area contributed by atoms with E-state index < -0.39 is 17.8 Å². The molecule has 3 aromatic rings. The van der Waals surface area contributed by atoms with Crippen LogP contribution in [0.1, 0.15) is 17.4 Å². The van der Waals surface area contributed by atoms with Gasteiger partial charge in [-0.05, 0) is 43.3 Å². The molecule has 2 amide bonds. The molecule has 0 fully saturated rings. The number of rotatable bonds is 4. The van der Waals surface area contributed by atoms with Gasteiger partial charge in [-0.15, -0.1) is 0 Å². The number of amides is 2. The van der Waals surface area contributed by atoms with Crippen molar-refractivity contribution in [1.82, 2.24) is 4.98 Å². The number of anilines is 2. The summed E-state index contributed by atoms with van der Waals surface area (Å²) in [5.74, 6) is -1.15. The Labute approximate surface area is 153 Å². The number of benzene rings is 2. The Morgan fingerprint density at radius 1 is 1.19 bits per heavy atom. The van der Waals surface area contributed by atoms with Gasteiger partial charge < -0.3 is 20.4 Å². The molecule has 134 valence electrons. The molecule has 1 aromatic heterocycles. The van der Waals surface area contributed by atoms with E-state index in [1.54, 1.807) is 31.2 Å². The molecule has 0 saturated heterocycles. The Bertz CT molecular complexity index is 987. The first-order valence-corrected chi connectivity index (χ1v) is 8.17. The number of nitrogens with one attached hydrogen (secondary N) is 3. The van der Waals surface area contributed by atoms with E-state index in [4.69, 9.17) is 16.3 Å². The molecule has 0 unspecified atom stereocenters. The van der Waals surface area contributed by atoms with E-state index in [2.05, 4.69) is 15.6 Å². The van der Waals surface area contributed by atoms with Crippen molar-refractivity contribution in [1.29, 1.82) is 0 Å². The van der Waals surface area contributed by atoms with Crippen molar-refractivity contribution in [2.75, 3.05) is 17.2 Å². The summed E-state index contributed by atoms with van der Waals surface area (Å²) in [7, 11) is 0. The van der Waals surface area contributed by atoms with Gasteiger partial charge in [-0.1, -0.05) is 17.7 Å². The number of carbonyl (C=O) groups is 2. The largest absolute Gasteiger partial charge is 0.461 e. The first-order chi connectivity index (χ1) is 12.5. The zero-order valence-electron chi connectivity index (χ0n) is 13.7. The summed E-state index contributed by atoms with van der Waals surface area (Å²) in [6, 6.07) is 9.94. The molecule has 0 atom stereocenters. The number of hydrogen-bond acceptors (Lipinski definition) is 3. The summed E-state index contributed by atoms with van der Waals surface area (Å²) in [6.45, 7) is 1.83. The Balaban J connectivity index is 1.94. The fourth-order valence-electron chi connectivity index (χ4n) is 2.49. The average molecular weight is 376 g/mol. The minimum absolute atomic E-state index is 0.0358. The van der Waals surface area contributed by atoms with Crippen LogP contribution >= 0.6 is 11.6 Å². The molecular formula is C18H15ClFN3O3. The SMILES string of the molecule is CCOC(=O)c1[nH]c2ccc(F)cc2c1NC(=O)Nc1cccc(Cl)c1. The van der Waals surface area contributed by atoms with Crippen molar-refractivity contribution in [2.45, 2.75) is 6.92 Å². The minimum atomic E-state index is -0.651. The van der Waals surface area contributed by atoms with Crippen molar-refractivity contribution in [3.63, 3.8) is 0 Å². The van der Waals surface area contributed by atoms with Gasteiger partial charge in [0.15, 0.2) is 0 Å². The summed E-state index contributed by atoms with van der Waals surface area (Å²) in [4.78, 5) is 27.3. The molecule has 0 aliphatic carbocycles. The van der Waals surface area contributed by atoms with Gasteiger partial charge in [-0.3, -0.25) is 0 Å². The van der Waals surface area contributed by atoms with Crippen LogP contribution in [-0.4, -0.2) is 23.6 Å². The molecule has 0 bridgehead atoms. The quantitative estimate of drug-likeness (QED) is 0.574. The van der Waals surface area contributed by atoms with E-state index >= 15 is 0 Å². The molecule has 1 heterocycles. The zero-order chi connectivity index (χ0) is 18.7. The third-order valence-electron chi connectivity index (χ3n) is 3.56. The first-order valence-electron chi connectivity index (χ1n) is 7.80. The number of fused-ring (bicyclic) bond motifs is 1. The van der Waals surface area contributed by atoms with Gasteiger partial charge in [0, 0.05) is 21.6 Å². The summed E-state index contributed by atoms with van der Waals surface area (Å²) >= 11 is 5.89. The predicted octanol–water partition coefficient (Wildman–Crippen LogP) is 4.78. The number of aromatic amines is 1. The van der Waals surface area contributed by atoms with Crippen molar-refractivity contribution in [2.24, 2.45) is 0 Å². The van der Waals surface area contributed by atoms with E-state index in [-0.39, 0.29) is 18.0 Å². The van der Waals surface area contributed by atoms with Gasteiger partial charge >= 0.3 is 12.0 Å². The van der Waals surface area contributed by atoms with Crippen LogP contribution in [0.15, 0.2) is 42.5 Å².